The zero-order chi connectivity index (χ0) is 9.97. The monoisotopic (exact) mass is 188 g/mol. The summed E-state index contributed by atoms with van der Waals surface area (Å²) in [5, 5.41) is 0. The van der Waals surface area contributed by atoms with Gasteiger partial charge >= 0.3 is 0 Å². The van der Waals surface area contributed by atoms with Crippen LogP contribution in [0.1, 0.15) is 5.56 Å². The third-order valence-electron chi connectivity index (χ3n) is 2.04. The highest BCUT2D eigenvalue weighted by molar-refractivity contribution is 5.62. The van der Waals surface area contributed by atoms with E-state index < -0.39 is 0 Å². The molecule has 0 aliphatic heterocycles. The Morgan fingerprint density at radius 1 is 1.21 bits per heavy atom. The van der Waals surface area contributed by atoms with Gasteiger partial charge in [0, 0.05) is 18.0 Å². The summed E-state index contributed by atoms with van der Waals surface area (Å²) in [5.41, 5.74) is 2.13. The summed E-state index contributed by atoms with van der Waals surface area (Å²) in [4.78, 5) is 7.84. The SMILES string of the molecule is Cc1cccnc1-c1ccncc1F. The lowest BCUT2D eigenvalue weighted by Gasteiger charge is -2.04. The van der Waals surface area contributed by atoms with Crippen molar-refractivity contribution >= 4 is 0 Å². The van der Waals surface area contributed by atoms with Crippen LogP contribution in [0.15, 0.2) is 36.8 Å². The minimum Gasteiger partial charge on any atom is -0.262 e. The van der Waals surface area contributed by atoms with E-state index in [0.717, 1.165) is 5.56 Å². The van der Waals surface area contributed by atoms with Crippen LogP contribution in [-0.2, 0) is 0 Å². The number of hydrogen-bond acceptors (Lipinski definition) is 2. The summed E-state index contributed by atoms with van der Waals surface area (Å²) >= 11 is 0. The molecule has 0 N–H and O–H groups in total. The molecule has 0 atom stereocenters. The normalized spacial score (nSPS) is 10.1. The highest BCUT2D eigenvalue weighted by Crippen LogP contribution is 2.22. The number of aromatic nitrogens is 2. The first-order chi connectivity index (χ1) is 6.79. The van der Waals surface area contributed by atoms with Crippen LogP contribution in [0, 0.1) is 12.7 Å². The van der Waals surface area contributed by atoms with Gasteiger partial charge in [-0.3, -0.25) is 9.97 Å². The number of rotatable bonds is 1. The van der Waals surface area contributed by atoms with Crippen LogP contribution in [0.25, 0.3) is 11.3 Å². The number of halogens is 1. The van der Waals surface area contributed by atoms with E-state index in [1.807, 2.05) is 19.1 Å². The second-order valence-electron chi connectivity index (χ2n) is 3.02. The summed E-state index contributed by atoms with van der Waals surface area (Å²) in [7, 11) is 0. The van der Waals surface area contributed by atoms with Crippen LogP contribution in [0.2, 0.25) is 0 Å². The maximum atomic E-state index is 13.4. The van der Waals surface area contributed by atoms with Gasteiger partial charge in [0.25, 0.3) is 0 Å². The molecule has 70 valence electrons. The second-order valence-corrected chi connectivity index (χ2v) is 3.02. The molecule has 3 heteroatoms. The summed E-state index contributed by atoms with van der Waals surface area (Å²) in [6.45, 7) is 1.90. The van der Waals surface area contributed by atoms with E-state index in [1.54, 1.807) is 18.5 Å². The maximum absolute atomic E-state index is 13.4. The van der Waals surface area contributed by atoms with Gasteiger partial charge in [-0.15, -0.1) is 0 Å². The van der Waals surface area contributed by atoms with Crippen LogP contribution in [0.4, 0.5) is 4.39 Å². The Labute approximate surface area is 81.5 Å². The van der Waals surface area contributed by atoms with Crippen molar-refractivity contribution < 1.29 is 4.39 Å². The third-order valence-corrected chi connectivity index (χ3v) is 2.04. The van der Waals surface area contributed by atoms with Crippen LogP contribution in [0.5, 0.6) is 0 Å². The molecule has 0 aromatic carbocycles. The van der Waals surface area contributed by atoms with E-state index in [0.29, 0.717) is 11.3 Å². The van der Waals surface area contributed by atoms with Crippen molar-refractivity contribution in [2.75, 3.05) is 0 Å². The highest BCUT2D eigenvalue weighted by atomic mass is 19.1. The molecule has 14 heavy (non-hydrogen) atoms. The summed E-state index contributed by atoms with van der Waals surface area (Å²) in [6, 6.07) is 5.37. The van der Waals surface area contributed by atoms with Gasteiger partial charge in [0.2, 0.25) is 0 Å². The van der Waals surface area contributed by atoms with Crippen LogP contribution >= 0.6 is 0 Å². The fraction of sp³-hybridized carbons (Fsp3) is 0.0909. The molecule has 2 aromatic rings. The van der Waals surface area contributed by atoms with E-state index in [1.165, 1.54) is 6.20 Å². The summed E-state index contributed by atoms with van der Waals surface area (Å²) < 4.78 is 13.4. The van der Waals surface area contributed by atoms with Crippen LogP contribution in [0.3, 0.4) is 0 Å². The number of hydrogen-bond donors (Lipinski definition) is 0. The first-order valence-electron chi connectivity index (χ1n) is 4.30. The van der Waals surface area contributed by atoms with E-state index in [2.05, 4.69) is 9.97 Å². The molecular formula is C11H9FN2. The standard InChI is InChI=1S/C11H9FN2/c1-8-3-2-5-14-11(8)9-4-6-13-7-10(9)12/h2-7H,1H3. The second kappa shape index (κ2) is 3.54. The van der Waals surface area contributed by atoms with Crippen molar-refractivity contribution in [3.63, 3.8) is 0 Å². The summed E-state index contributed by atoms with van der Waals surface area (Å²) in [6.07, 6.45) is 4.41. The molecule has 0 radical (unpaired) electrons. The Morgan fingerprint density at radius 2 is 2.07 bits per heavy atom. The fourth-order valence-corrected chi connectivity index (χ4v) is 1.33. The van der Waals surface area contributed by atoms with Gasteiger partial charge in [-0.25, -0.2) is 4.39 Å². The zero-order valence-corrected chi connectivity index (χ0v) is 7.74. The smallest absolute Gasteiger partial charge is 0.150 e. The minimum absolute atomic E-state index is 0.339. The molecule has 0 bridgehead atoms. The van der Waals surface area contributed by atoms with E-state index in [9.17, 15) is 4.39 Å². The topological polar surface area (TPSA) is 25.8 Å². The van der Waals surface area contributed by atoms with Gasteiger partial charge in [0.15, 0.2) is 5.82 Å². The lowest BCUT2D eigenvalue weighted by molar-refractivity contribution is 0.624. The molecule has 2 heterocycles. The molecule has 0 aliphatic rings. The Bertz CT molecular complexity index is 411. The summed E-state index contributed by atoms with van der Waals surface area (Å²) in [5.74, 6) is -0.339. The Balaban J connectivity index is 2.61. The van der Waals surface area contributed by atoms with Crippen molar-refractivity contribution in [1.82, 2.24) is 9.97 Å². The van der Waals surface area contributed by atoms with Gasteiger partial charge in [-0.2, -0.15) is 0 Å². The predicted molar refractivity (Wildman–Crippen MR) is 52.2 cm³/mol. The van der Waals surface area contributed by atoms with Crippen LogP contribution in [-0.4, -0.2) is 9.97 Å². The van der Waals surface area contributed by atoms with E-state index >= 15 is 0 Å². The first kappa shape index (κ1) is 8.81. The lowest BCUT2D eigenvalue weighted by atomic mass is 10.1. The van der Waals surface area contributed by atoms with Gasteiger partial charge in [-0.1, -0.05) is 6.07 Å². The largest absolute Gasteiger partial charge is 0.262 e. The number of pyridine rings is 2. The van der Waals surface area contributed by atoms with Crippen LogP contribution < -0.4 is 0 Å². The quantitative estimate of drug-likeness (QED) is 0.687. The van der Waals surface area contributed by atoms with E-state index in [-0.39, 0.29) is 5.82 Å². The first-order valence-corrected chi connectivity index (χ1v) is 4.30. The fourth-order valence-electron chi connectivity index (χ4n) is 1.33. The molecule has 0 saturated carbocycles. The van der Waals surface area contributed by atoms with Gasteiger partial charge in [-0.05, 0) is 24.6 Å². The number of nitrogens with zero attached hydrogens (tertiary/aromatic N) is 2. The highest BCUT2D eigenvalue weighted by Gasteiger charge is 2.07. The van der Waals surface area contributed by atoms with Gasteiger partial charge < -0.3 is 0 Å². The molecule has 2 nitrogen and oxygen atoms in total. The molecular weight excluding hydrogens is 179 g/mol. The molecule has 0 spiro atoms. The molecule has 0 fully saturated rings. The Kier molecular flexibility index (Phi) is 2.23. The average molecular weight is 188 g/mol. The van der Waals surface area contributed by atoms with E-state index in [4.69, 9.17) is 0 Å². The maximum Gasteiger partial charge on any atom is 0.150 e. The average Bonchev–Trinajstić information content (AvgIpc) is 2.20. The Hall–Kier alpha value is -1.77. The van der Waals surface area contributed by atoms with Crippen molar-refractivity contribution in [3.05, 3.63) is 48.2 Å². The third kappa shape index (κ3) is 1.48. The number of aryl methyl sites for hydroxylation is 1. The minimum atomic E-state index is -0.339. The molecule has 0 unspecified atom stereocenters. The predicted octanol–water partition coefficient (Wildman–Crippen LogP) is 2.59. The zero-order valence-electron chi connectivity index (χ0n) is 7.74. The molecule has 0 amide bonds. The van der Waals surface area contributed by atoms with Gasteiger partial charge in [0.1, 0.15) is 0 Å². The molecule has 2 rings (SSSR count). The molecule has 0 saturated heterocycles. The Morgan fingerprint density at radius 3 is 2.79 bits per heavy atom. The molecule has 0 aliphatic carbocycles. The van der Waals surface area contributed by atoms with Crippen molar-refractivity contribution in [2.45, 2.75) is 6.92 Å². The van der Waals surface area contributed by atoms with Gasteiger partial charge in [0.05, 0.1) is 11.9 Å². The molecule has 2 aromatic heterocycles. The van der Waals surface area contributed by atoms with Crippen molar-refractivity contribution in [3.8, 4) is 11.3 Å². The van der Waals surface area contributed by atoms with Crippen molar-refractivity contribution in [1.29, 1.82) is 0 Å². The van der Waals surface area contributed by atoms with Crippen molar-refractivity contribution in [2.24, 2.45) is 0 Å². The lowest BCUT2D eigenvalue weighted by Crippen LogP contribution is -1.91.